The minimum Gasteiger partial charge on any atom is -0.486 e. The fourth-order valence-electron chi connectivity index (χ4n) is 5.95. The first-order valence-corrected chi connectivity index (χ1v) is 13.3. The van der Waals surface area contributed by atoms with Gasteiger partial charge in [0, 0.05) is 0 Å². The molecule has 4 rings (SSSR count). The molecule has 4 atom stereocenters. The van der Waals surface area contributed by atoms with E-state index in [4.69, 9.17) is 9.47 Å². The molecule has 0 aliphatic heterocycles. The van der Waals surface area contributed by atoms with Gasteiger partial charge in [0.15, 0.2) is 11.5 Å². The molecule has 2 aliphatic carbocycles. The normalized spacial score (nSPS) is 23.5. The van der Waals surface area contributed by atoms with E-state index >= 15 is 0 Å². The standard InChI is InChI=1S/C31H35F3O3/c1-3-5-7-20-8-9-22-18-23(11-10-21(22)17-20)24-12-13-25(26(32)19-24)31(35)37-28-15-14-27(29(33)30(28)34)36-16-6-4-2/h3-4,6,12-15,19-23H,1,5,7-11,16-18H2,2H3/b6-4+. The molecule has 2 aromatic carbocycles. The first-order chi connectivity index (χ1) is 17.9. The molecule has 0 bridgehead atoms. The number of rotatable bonds is 9. The monoisotopic (exact) mass is 512 g/mol. The maximum atomic E-state index is 15.0. The topological polar surface area (TPSA) is 35.5 Å². The molecule has 37 heavy (non-hydrogen) atoms. The Morgan fingerprint density at radius 2 is 1.73 bits per heavy atom. The van der Waals surface area contributed by atoms with Gasteiger partial charge in [0.25, 0.3) is 0 Å². The summed E-state index contributed by atoms with van der Waals surface area (Å²) in [6, 6.07) is 6.81. The van der Waals surface area contributed by atoms with Crippen LogP contribution in [-0.2, 0) is 0 Å². The van der Waals surface area contributed by atoms with Crippen molar-refractivity contribution in [3.8, 4) is 11.5 Å². The van der Waals surface area contributed by atoms with Gasteiger partial charge in [0.1, 0.15) is 12.4 Å². The molecule has 0 spiro atoms. The van der Waals surface area contributed by atoms with Crippen LogP contribution in [0.3, 0.4) is 0 Å². The number of hydrogen-bond acceptors (Lipinski definition) is 3. The largest absolute Gasteiger partial charge is 0.486 e. The van der Waals surface area contributed by atoms with E-state index in [9.17, 15) is 18.0 Å². The maximum Gasteiger partial charge on any atom is 0.346 e. The number of carbonyl (C=O) groups is 1. The molecule has 6 heteroatoms. The van der Waals surface area contributed by atoms with Gasteiger partial charge in [0.05, 0.1) is 5.56 Å². The van der Waals surface area contributed by atoms with Gasteiger partial charge < -0.3 is 9.47 Å². The lowest BCUT2D eigenvalue weighted by Gasteiger charge is -2.42. The van der Waals surface area contributed by atoms with Crippen LogP contribution in [0.2, 0.25) is 0 Å². The predicted molar refractivity (Wildman–Crippen MR) is 138 cm³/mol. The lowest BCUT2D eigenvalue weighted by molar-refractivity contribution is 0.0721. The van der Waals surface area contributed by atoms with Crippen molar-refractivity contribution in [2.24, 2.45) is 17.8 Å². The summed E-state index contributed by atoms with van der Waals surface area (Å²) in [5.74, 6) is -2.89. The molecule has 3 nitrogen and oxygen atoms in total. The second-order valence-corrected chi connectivity index (χ2v) is 10.3. The molecule has 0 saturated heterocycles. The summed E-state index contributed by atoms with van der Waals surface area (Å²) in [5, 5.41) is 0. The van der Waals surface area contributed by atoms with E-state index in [1.54, 1.807) is 25.1 Å². The van der Waals surface area contributed by atoms with Crippen molar-refractivity contribution >= 4 is 5.97 Å². The lowest BCUT2D eigenvalue weighted by atomic mass is 9.63. The Bertz CT molecular complexity index is 1140. The number of fused-ring (bicyclic) bond motifs is 1. The van der Waals surface area contributed by atoms with E-state index in [0.717, 1.165) is 49.1 Å². The predicted octanol–water partition coefficient (Wildman–Crippen LogP) is 8.54. The van der Waals surface area contributed by atoms with Crippen LogP contribution in [0.1, 0.15) is 80.1 Å². The lowest BCUT2D eigenvalue weighted by Crippen LogP contribution is -2.30. The Morgan fingerprint density at radius 1 is 1.00 bits per heavy atom. The van der Waals surface area contributed by atoms with Crippen LogP contribution < -0.4 is 9.47 Å². The number of benzene rings is 2. The average molecular weight is 513 g/mol. The third-order valence-electron chi connectivity index (χ3n) is 7.97. The molecule has 4 unspecified atom stereocenters. The summed E-state index contributed by atoms with van der Waals surface area (Å²) in [6.07, 6.45) is 14.6. The zero-order chi connectivity index (χ0) is 26.4. The maximum absolute atomic E-state index is 15.0. The van der Waals surface area contributed by atoms with E-state index in [1.807, 2.05) is 6.08 Å². The molecular weight excluding hydrogens is 477 g/mol. The van der Waals surface area contributed by atoms with Crippen LogP contribution in [0, 0.1) is 35.2 Å². The highest BCUT2D eigenvalue weighted by molar-refractivity contribution is 5.91. The van der Waals surface area contributed by atoms with Crippen molar-refractivity contribution in [3.05, 3.63) is 83.7 Å². The average Bonchev–Trinajstić information content (AvgIpc) is 2.91. The van der Waals surface area contributed by atoms with Gasteiger partial charge in [0.2, 0.25) is 11.6 Å². The third-order valence-corrected chi connectivity index (χ3v) is 7.97. The molecule has 2 aromatic rings. The van der Waals surface area contributed by atoms with Gasteiger partial charge in [-0.2, -0.15) is 8.78 Å². The first-order valence-electron chi connectivity index (χ1n) is 13.3. The van der Waals surface area contributed by atoms with Crippen LogP contribution in [0.5, 0.6) is 11.5 Å². The van der Waals surface area contributed by atoms with Crippen LogP contribution in [0.4, 0.5) is 13.2 Å². The summed E-state index contributed by atoms with van der Waals surface area (Å²) < 4.78 is 53.8. The summed E-state index contributed by atoms with van der Waals surface area (Å²) in [7, 11) is 0. The molecular formula is C31H35F3O3. The van der Waals surface area contributed by atoms with Crippen molar-refractivity contribution in [3.63, 3.8) is 0 Å². The Hall–Kier alpha value is -3.02. The Morgan fingerprint density at radius 3 is 2.49 bits per heavy atom. The molecule has 0 amide bonds. The minimum atomic E-state index is -1.36. The number of ether oxygens (including phenoxy) is 2. The highest BCUT2D eigenvalue weighted by Gasteiger charge is 2.36. The van der Waals surface area contributed by atoms with Gasteiger partial charge >= 0.3 is 5.97 Å². The van der Waals surface area contributed by atoms with E-state index in [2.05, 4.69) is 6.58 Å². The molecule has 198 valence electrons. The zero-order valence-electron chi connectivity index (χ0n) is 21.4. The molecule has 2 fully saturated rings. The summed E-state index contributed by atoms with van der Waals surface area (Å²) >= 11 is 0. The number of carbonyl (C=O) groups excluding carboxylic acids is 1. The molecule has 2 aliphatic rings. The van der Waals surface area contributed by atoms with Crippen LogP contribution in [0.25, 0.3) is 0 Å². The van der Waals surface area contributed by atoms with Gasteiger partial charge in [-0.05, 0) is 105 Å². The number of halogens is 3. The first kappa shape index (κ1) is 27.0. The van der Waals surface area contributed by atoms with Crippen LogP contribution in [0.15, 0.2) is 55.1 Å². The van der Waals surface area contributed by atoms with Gasteiger partial charge in [-0.1, -0.05) is 30.7 Å². The number of esters is 1. The number of hydrogen-bond donors (Lipinski definition) is 0. The Labute approximate surface area is 217 Å². The molecule has 0 N–H and O–H groups in total. The third kappa shape index (κ3) is 6.46. The highest BCUT2D eigenvalue weighted by Crippen LogP contribution is 2.48. The van der Waals surface area contributed by atoms with E-state index < -0.39 is 29.2 Å². The minimum absolute atomic E-state index is 0.0716. The van der Waals surface area contributed by atoms with Crippen molar-refractivity contribution < 1.29 is 27.4 Å². The van der Waals surface area contributed by atoms with Crippen molar-refractivity contribution in [1.82, 2.24) is 0 Å². The molecule has 0 radical (unpaired) electrons. The fraction of sp³-hybridized carbons (Fsp3) is 0.452. The van der Waals surface area contributed by atoms with E-state index in [-0.39, 0.29) is 23.8 Å². The van der Waals surface area contributed by atoms with E-state index in [0.29, 0.717) is 5.92 Å². The van der Waals surface area contributed by atoms with Gasteiger partial charge in [-0.15, -0.1) is 6.58 Å². The van der Waals surface area contributed by atoms with Crippen molar-refractivity contribution in [1.29, 1.82) is 0 Å². The van der Waals surface area contributed by atoms with Crippen LogP contribution >= 0.6 is 0 Å². The second kappa shape index (κ2) is 12.5. The molecule has 2 saturated carbocycles. The highest BCUT2D eigenvalue weighted by atomic mass is 19.2. The van der Waals surface area contributed by atoms with Crippen molar-refractivity contribution in [2.75, 3.05) is 6.61 Å². The quantitative estimate of drug-likeness (QED) is 0.192. The van der Waals surface area contributed by atoms with Gasteiger partial charge in [-0.3, -0.25) is 0 Å². The smallest absolute Gasteiger partial charge is 0.346 e. The summed E-state index contributed by atoms with van der Waals surface area (Å²) in [6.45, 7) is 5.68. The van der Waals surface area contributed by atoms with Crippen molar-refractivity contribution in [2.45, 2.75) is 64.2 Å². The number of allylic oxidation sites excluding steroid dienone is 2. The summed E-state index contributed by atoms with van der Waals surface area (Å²) in [4.78, 5) is 12.6. The zero-order valence-corrected chi connectivity index (χ0v) is 21.4. The van der Waals surface area contributed by atoms with E-state index in [1.165, 1.54) is 43.9 Å². The van der Waals surface area contributed by atoms with Crippen LogP contribution in [-0.4, -0.2) is 12.6 Å². The molecule has 0 heterocycles. The SMILES string of the molecule is C=CCCC1CCC2CC(c3ccc(C(=O)Oc4ccc(OC/C=C/C)c(F)c4F)c(F)c3)CCC2C1. The van der Waals surface area contributed by atoms with Gasteiger partial charge in [-0.25, -0.2) is 9.18 Å². The second-order valence-electron chi connectivity index (χ2n) is 10.3. The molecule has 0 aromatic heterocycles. The Balaban J connectivity index is 1.38. The fourth-order valence-corrected chi connectivity index (χ4v) is 5.95. The summed E-state index contributed by atoms with van der Waals surface area (Å²) in [5.41, 5.74) is 0.564. The Kier molecular flexibility index (Phi) is 9.12.